The molecule has 0 bridgehead atoms. The fourth-order valence-electron chi connectivity index (χ4n) is 6.30. The van der Waals surface area contributed by atoms with E-state index in [0.29, 0.717) is 45.1 Å². The fraction of sp³-hybridized carbons (Fsp3) is 0.368. The highest BCUT2D eigenvalue weighted by Crippen LogP contribution is 2.28. The molecule has 0 radical (unpaired) electrons. The van der Waals surface area contributed by atoms with E-state index in [-0.39, 0.29) is 30.3 Å². The van der Waals surface area contributed by atoms with Gasteiger partial charge in [-0.25, -0.2) is 8.78 Å². The Hall–Kier alpha value is -3.62. The van der Waals surface area contributed by atoms with Crippen molar-refractivity contribution in [2.24, 2.45) is 0 Å². The van der Waals surface area contributed by atoms with Crippen LogP contribution in [0.3, 0.4) is 0 Å². The number of likely N-dealkylation sites (tertiary alicyclic amines) is 1. The smallest absolute Gasteiger partial charge is 0.131 e. The highest BCUT2D eigenvalue weighted by Gasteiger charge is 2.39. The maximum Gasteiger partial charge on any atom is 0.131 e. The first-order valence-corrected chi connectivity index (χ1v) is 16.0. The van der Waals surface area contributed by atoms with E-state index in [1.54, 1.807) is 0 Å². The van der Waals surface area contributed by atoms with Crippen LogP contribution in [0.4, 0.5) is 14.5 Å². The molecule has 2 atom stereocenters. The summed E-state index contributed by atoms with van der Waals surface area (Å²) in [7, 11) is 0. The Bertz CT molecular complexity index is 1390. The average molecular weight is 613 g/mol. The molecular formula is C38H42F2N2O3. The normalized spacial score (nSPS) is 20.5. The molecule has 2 aliphatic rings. The van der Waals surface area contributed by atoms with Crippen molar-refractivity contribution in [3.05, 3.63) is 137 Å². The van der Waals surface area contributed by atoms with Gasteiger partial charge in [0.2, 0.25) is 0 Å². The van der Waals surface area contributed by atoms with Crippen molar-refractivity contribution < 1.29 is 23.0 Å². The highest BCUT2D eigenvalue weighted by atomic mass is 19.1. The number of hydrogen-bond donors (Lipinski definition) is 0. The Morgan fingerprint density at radius 1 is 0.600 bits per heavy atom. The molecule has 2 aliphatic heterocycles. The molecule has 4 aromatic rings. The van der Waals surface area contributed by atoms with Crippen LogP contribution in [0.25, 0.3) is 0 Å². The molecule has 7 heteroatoms. The van der Waals surface area contributed by atoms with Crippen molar-refractivity contribution in [2.45, 2.75) is 57.4 Å². The molecule has 2 fully saturated rings. The summed E-state index contributed by atoms with van der Waals surface area (Å²) in [5.41, 5.74) is 3.98. The second-order valence-electron chi connectivity index (χ2n) is 12.0. The minimum Gasteiger partial charge on any atom is -0.371 e. The molecular weight excluding hydrogens is 570 g/mol. The van der Waals surface area contributed by atoms with Crippen LogP contribution in [0.5, 0.6) is 0 Å². The zero-order valence-electron chi connectivity index (χ0n) is 25.7. The van der Waals surface area contributed by atoms with Crippen molar-refractivity contribution in [3.8, 4) is 0 Å². The van der Waals surface area contributed by atoms with Crippen LogP contribution >= 0.6 is 0 Å². The van der Waals surface area contributed by atoms with Gasteiger partial charge in [0.15, 0.2) is 0 Å². The second kappa shape index (κ2) is 15.6. The third-order valence-electron chi connectivity index (χ3n) is 8.78. The average Bonchev–Trinajstić information content (AvgIpc) is 3.62. The Balaban J connectivity index is 1.20. The zero-order chi connectivity index (χ0) is 30.8. The topological polar surface area (TPSA) is 34.2 Å². The van der Waals surface area contributed by atoms with Gasteiger partial charge in [-0.3, -0.25) is 4.90 Å². The summed E-state index contributed by atoms with van der Waals surface area (Å²) in [6, 6.07) is 33.2. The van der Waals surface area contributed by atoms with E-state index >= 15 is 8.78 Å². The van der Waals surface area contributed by atoms with Gasteiger partial charge in [0.25, 0.3) is 0 Å². The Kier molecular flexibility index (Phi) is 10.9. The van der Waals surface area contributed by atoms with E-state index in [4.69, 9.17) is 14.2 Å². The first-order valence-electron chi connectivity index (χ1n) is 16.0. The minimum absolute atomic E-state index is 0.129. The quantitative estimate of drug-likeness (QED) is 0.160. The Labute approximate surface area is 265 Å². The molecule has 45 heavy (non-hydrogen) atoms. The zero-order valence-corrected chi connectivity index (χ0v) is 25.7. The number of ether oxygens (including phenoxy) is 3. The third kappa shape index (κ3) is 8.56. The molecule has 2 saturated heterocycles. The number of piperidine rings is 1. The Morgan fingerprint density at radius 3 is 1.51 bits per heavy atom. The van der Waals surface area contributed by atoms with E-state index in [9.17, 15) is 0 Å². The predicted molar refractivity (Wildman–Crippen MR) is 173 cm³/mol. The summed E-state index contributed by atoms with van der Waals surface area (Å²) in [5.74, 6) is -0.960. The predicted octanol–water partition coefficient (Wildman–Crippen LogP) is 7.18. The maximum atomic E-state index is 15.3. The van der Waals surface area contributed by atoms with Crippen LogP contribution in [0.2, 0.25) is 0 Å². The molecule has 0 N–H and O–H groups in total. The molecule has 0 saturated carbocycles. The van der Waals surface area contributed by atoms with E-state index in [0.717, 1.165) is 42.6 Å². The van der Waals surface area contributed by atoms with Gasteiger partial charge < -0.3 is 19.1 Å². The van der Waals surface area contributed by atoms with Gasteiger partial charge in [0.05, 0.1) is 32.0 Å². The van der Waals surface area contributed by atoms with Crippen LogP contribution in [-0.2, 0) is 40.5 Å². The van der Waals surface area contributed by atoms with E-state index in [1.165, 1.54) is 12.1 Å². The van der Waals surface area contributed by atoms with Gasteiger partial charge in [0.1, 0.15) is 17.7 Å². The molecule has 0 amide bonds. The standard InChI is InChI=1S/C38H42F2N2O3/c39-34-22-32(42-19-10-11-20-42)23-35(40)33(34)18-21-41-24-36(43-26-29-12-4-1-5-13-29)38(45-28-31-16-8-3-9-17-31)37(25-41)44-27-30-14-6-2-7-15-30/h1-9,12-17,22-23,36-38H,10-11,18-21,24-28H2. The Morgan fingerprint density at radius 2 is 1.04 bits per heavy atom. The summed E-state index contributed by atoms with van der Waals surface area (Å²) in [5, 5.41) is 0. The van der Waals surface area contributed by atoms with Gasteiger partial charge in [0, 0.05) is 44.0 Å². The lowest BCUT2D eigenvalue weighted by Gasteiger charge is -2.43. The van der Waals surface area contributed by atoms with Crippen molar-refractivity contribution in [1.82, 2.24) is 4.90 Å². The number of anilines is 1. The van der Waals surface area contributed by atoms with Gasteiger partial charge in [-0.2, -0.15) is 0 Å². The van der Waals surface area contributed by atoms with E-state index < -0.39 is 11.6 Å². The first-order chi connectivity index (χ1) is 22.1. The molecule has 6 rings (SSSR count). The maximum absolute atomic E-state index is 15.3. The van der Waals surface area contributed by atoms with Crippen molar-refractivity contribution in [3.63, 3.8) is 0 Å². The van der Waals surface area contributed by atoms with Crippen LogP contribution in [0, 0.1) is 11.6 Å². The number of halogens is 2. The lowest BCUT2D eigenvalue weighted by Crippen LogP contribution is -2.58. The summed E-state index contributed by atoms with van der Waals surface area (Å²) >= 11 is 0. The molecule has 5 nitrogen and oxygen atoms in total. The van der Waals surface area contributed by atoms with Crippen LogP contribution in [0.1, 0.15) is 35.1 Å². The molecule has 0 aliphatic carbocycles. The van der Waals surface area contributed by atoms with Crippen molar-refractivity contribution in [2.75, 3.05) is 37.6 Å². The number of benzene rings is 4. The molecule has 0 aromatic heterocycles. The highest BCUT2D eigenvalue weighted by molar-refractivity contribution is 5.49. The molecule has 4 aromatic carbocycles. The van der Waals surface area contributed by atoms with Gasteiger partial charge in [-0.05, 0) is 48.1 Å². The lowest BCUT2D eigenvalue weighted by molar-refractivity contribution is -0.184. The van der Waals surface area contributed by atoms with Gasteiger partial charge >= 0.3 is 0 Å². The van der Waals surface area contributed by atoms with Crippen LogP contribution in [-0.4, -0.2) is 55.9 Å². The first kappa shape index (κ1) is 31.4. The third-order valence-corrected chi connectivity index (χ3v) is 8.78. The number of rotatable bonds is 13. The van der Waals surface area contributed by atoms with Crippen molar-refractivity contribution in [1.29, 1.82) is 0 Å². The lowest BCUT2D eigenvalue weighted by atomic mass is 9.99. The van der Waals surface area contributed by atoms with E-state index in [2.05, 4.69) is 9.80 Å². The van der Waals surface area contributed by atoms with Crippen LogP contribution in [0.15, 0.2) is 103 Å². The molecule has 0 spiro atoms. The van der Waals surface area contributed by atoms with Gasteiger partial charge in [-0.1, -0.05) is 91.0 Å². The summed E-state index contributed by atoms with van der Waals surface area (Å²) in [6.07, 6.45) is 1.41. The molecule has 2 heterocycles. The summed E-state index contributed by atoms with van der Waals surface area (Å²) < 4.78 is 50.2. The largest absolute Gasteiger partial charge is 0.371 e. The SMILES string of the molecule is Fc1cc(N2CCCC2)cc(F)c1CCN1CC(OCc2ccccc2)C(OCc2ccccc2)C(OCc2ccccc2)C1. The minimum atomic E-state index is -0.480. The number of hydrogen-bond acceptors (Lipinski definition) is 5. The number of nitrogens with zero attached hydrogens (tertiary/aromatic N) is 2. The monoisotopic (exact) mass is 612 g/mol. The summed E-state index contributed by atoms with van der Waals surface area (Å²) in [4.78, 5) is 4.25. The molecule has 236 valence electrons. The van der Waals surface area contributed by atoms with Crippen molar-refractivity contribution >= 4 is 5.69 Å². The second-order valence-corrected chi connectivity index (χ2v) is 12.0. The fourth-order valence-corrected chi connectivity index (χ4v) is 6.30. The van der Waals surface area contributed by atoms with E-state index in [1.807, 2.05) is 91.0 Å². The van der Waals surface area contributed by atoms with Gasteiger partial charge in [-0.15, -0.1) is 0 Å². The van der Waals surface area contributed by atoms with Crippen LogP contribution < -0.4 is 4.90 Å². The molecule has 2 unspecified atom stereocenters. The summed E-state index contributed by atoms with van der Waals surface area (Å²) in [6.45, 7) is 4.57.